The molecule has 0 aliphatic rings. The minimum absolute atomic E-state index is 0.182. The van der Waals surface area contributed by atoms with E-state index in [1.54, 1.807) is 0 Å². The largest absolute Gasteiger partial charge is 0.299 e. The van der Waals surface area contributed by atoms with E-state index in [2.05, 4.69) is 31.2 Å². The Morgan fingerprint density at radius 2 is 1.59 bits per heavy atom. The summed E-state index contributed by atoms with van der Waals surface area (Å²) in [6, 6.07) is 8.82. The van der Waals surface area contributed by atoms with Gasteiger partial charge in [0.2, 0.25) is 0 Å². The van der Waals surface area contributed by atoms with Crippen LogP contribution in [-0.4, -0.2) is 5.78 Å². The zero-order valence-corrected chi connectivity index (χ0v) is 11.3. The van der Waals surface area contributed by atoms with Crippen LogP contribution in [0.5, 0.6) is 0 Å². The fourth-order valence-corrected chi connectivity index (χ4v) is 1.92. The van der Waals surface area contributed by atoms with E-state index in [0.717, 1.165) is 19.3 Å². The second kappa shape index (κ2) is 7.26. The van der Waals surface area contributed by atoms with E-state index in [1.807, 2.05) is 13.8 Å². The Morgan fingerprint density at radius 1 is 1.06 bits per heavy atom. The number of benzene rings is 1. The molecule has 1 aromatic carbocycles. The molecule has 0 fully saturated rings. The quantitative estimate of drug-likeness (QED) is 0.689. The first-order valence-electron chi connectivity index (χ1n) is 6.74. The van der Waals surface area contributed by atoms with Gasteiger partial charge in [0.1, 0.15) is 5.78 Å². The van der Waals surface area contributed by atoms with Crippen molar-refractivity contribution < 1.29 is 4.79 Å². The molecule has 0 radical (unpaired) electrons. The van der Waals surface area contributed by atoms with Crippen molar-refractivity contribution in [1.82, 2.24) is 0 Å². The van der Waals surface area contributed by atoms with E-state index in [-0.39, 0.29) is 5.92 Å². The van der Waals surface area contributed by atoms with Crippen molar-refractivity contribution in [3.63, 3.8) is 0 Å². The Bertz CT molecular complexity index is 335. The van der Waals surface area contributed by atoms with Crippen LogP contribution in [0.15, 0.2) is 24.3 Å². The summed E-state index contributed by atoms with van der Waals surface area (Å²) in [6.45, 7) is 6.15. The summed E-state index contributed by atoms with van der Waals surface area (Å²) < 4.78 is 0. The predicted molar refractivity (Wildman–Crippen MR) is 73.2 cm³/mol. The fraction of sp³-hybridized carbons (Fsp3) is 0.562. The summed E-state index contributed by atoms with van der Waals surface area (Å²) in [5, 5.41) is 0. The topological polar surface area (TPSA) is 17.1 Å². The molecular formula is C16H24O. The summed E-state index contributed by atoms with van der Waals surface area (Å²) in [7, 11) is 0. The first-order valence-corrected chi connectivity index (χ1v) is 6.74. The van der Waals surface area contributed by atoms with Gasteiger partial charge >= 0.3 is 0 Å². The monoisotopic (exact) mass is 232 g/mol. The molecule has 1 nitrogen and oxygen atoms in total. The van der Waals surface area contributed by atoms with Crippen LogP contribution < -0.4 is 0 Å². The summed E-state index contributed by atoms with van der Waals surface area (Å²) in [4.78, 5) is 11.5. The highest BCUT2D eigenvalue weighted by atomic mass is 16.1. The van der Waals surface area contributed by atoms with Crippen LogP contribution in [0.3, 0.4) is 0 Å². The SMILES string of the molecule is CCCc1ccc(CCCC(=O)C(C)C)cc1. The maximum Gasteiger partial charge on any atom is 0.135 e. The number of hydrogen-bond donors (Lipinski definition) is 0. The average molecular weight is 232 g/mol. The van der Waals surface area contributed by atoms with Crippen LogP contribution in [0.1, 0.15) is 51.2 Å². The highest BCUT2D eigenvalue weighted by Gasteiger charge is 2.06. The summed E-state index contributed by atoms with van der Waals surface area (Å²) in [5.41, 5.74) is 2.76. The van der Waals surface area contributed by atoms with Gasteiger partial charge in [-0.2, -0.15) is 0 Å². The number of carbonyl (C=O) groups excluding carboxylic acids is 1. The van der Waals surface area contributed by atoms with E-state index < -0.39 is 0 Å². The second-order valence-corrected chi connectivity index (χ2v) is 5.04. The number of Topliss-reactive ketones (excluding diaryl/α,β-unsaturated/α-hetero) is 1. The van der Waals surface area contributed by atoms with Crippen molar-refractivity contribution in [2.24, 2.45) is 5.92 Å². The number of aryl methyl sites for hydroxylation is 2. The van der Waals surface area contributed by atoms with Gasteiger partial charge in [-0.1, -0.05) is 51.5 Å². The van der Waals surface area contributed by atoms with Crippen molar-refractivity contribution in [2.75, 3.05) is 0 Å². The second-order valence-electron chi connectivity index (χ2n) is 5.04. The van der Waals surface area contributed by atoms with Gasteiger partial charge in [-0.3, -0.25) is 4.79 Å². The minimum Gasteiger partial charge on any atom is -0.299 e. The summed E-state index contributed by atoms with van der Waals surface area (Å²) in [6.07, 6.45) is 5.07. The van der Waals surface area contributed by atoms with Crippen LogP contribution in [-0.2, 0) is 17.6 Å². The summed E-state index contributed by atoms with van der Waals surface area (Å²) >= 11 is 0. The number of hydrogen-bond acceptors (Lipinski definition) is 1. The first-order chi connectivity index (χ1) is 8.13. The van der Waals surface area contributed by atoms with Gasteiger partial charge in [0.25, 0.3) is 0 Å². The van der Waals surface area contributed by atoms with Gasteiger partial charge in [0.15, 0.2) is 0 Å². The van der Waals surface area contributed by atoms with Crippen LogP contribution >= 0.6 is 0 Å². The lowest BCUT2D eigenvalue weighted by molar-refractivity contribution is -0.121. The van der Waals surface area contributed by atoms with Gasteiger partial charge in [0.05, 0.1) is 0 Å². The van der Waals surface area contributed by atoms with Crippen LogP contribution in [0.4, 0.5) is 0 Å². The molecule has 0 saturated carbocycles. The van der Waals surface area contributed by atoms with Crippen LogP contribution in [0.25, 0.3) is 0 Å². The Balaban J connectivity index is 2.34. The predicted octanol–water partition coefficient (Wildman–Crippen LogP) is 4.19. The maximum absolute atomic E-state index is 11.5. The van der Waals surface area contributed by atoms with Gasteiger partial charge in [-0.25, -0.2) is 0 Å². The normalized spacial score (nSPS) is 10.8. The molecule has 0 spiro atoms. The van der Waals surface area contributed by atoms with Crippen molar-refractivity contribution in [1.29, 1.82) is 0 Å². The molecule has 0 N–H and O–H groups in total. The molecule has 94 valence electrons. The maximum atomic E-state index is 11.5. The third kappa shape index (κ3) is 5.16. The van der Waals surface area contributed by atoms with Gasteiger partial charge < -0.3 is 0 Å². The minimum atomic E-state index is 0.182. The molecule has 0 amide bonds. The molecule has 0 heterocycles. The number of ketones is 1. The molecule has 0 aliphatic heterocycles. The van der Waals surface area contributed by atoms with E-state index >= 15 is 0 Å². The lowest BCUT2D eigenvalue weighted by Gasteiger charge is -2.05. The van der Waals surface area contributed by atoms with Gasteiger partial charge in [-0.05, 0) is 30.4 Å². The van der Waals surface area contributed by atoms with Crippen molar-refractivity contribution in [3.8, 4) is 0 Å². The molecule has 0 unspecified atom stereocenters. The smallest absolute Gasteiger partial charge is 0.135 e. The Hall–Kier alpha value is -1.11. The zero-order chi connectivity index (χ0) is 12.7. The Kier molecular flexibility index (Phi) is 5.96. The van der Waals surface area contributed by atoms with E-state index in [1.165, 1.54) is 17.5 Å². The first kappa shape index (κ1) is 14.0. The van der Waals surface area contributed by atoms with Crippen molar-refractivity contribution >= 4 is 5.78 Å². The molecule has 0 aromatic heterocycles. The van der Waals surface area contributed by atoms with E-state index in [9.17, 15) is 4.79 Å². The Labute approximate surface area is 105 Å². The average Bonchev–Trinajstić information content (AvgIpc) is 2.31. The molecule has 0 bridgehead atoms. The van der Waals surface area contributed by atoms with Crippen LogP contribution in [0, 0.1) is 5.92 Å². The highest BCUT2D eigenvalue weighted by molar-refractivity contribution is 5.80. The van der Waals surface area contributed by atoms with Gasteiger partial charge in [0, 0.05) is 12.3 Å². The standard InChI is InChI=1S/C16H24O/c1-4-6-14-9-11-15(12-10-14)7-5-8-16(17)13(2)3/h9-13H,4-8H2,1-3H3. The number of rotatable bonds is 7. The molecule has 0 aliphatic carbocycles. The molecule has 1 aromatic rings. The zero-order valence-electron chi connectivity index (χ0n) is 11.3. The van der Waals surface area contributed by atoms with Crippen molar-refractivity contribution in [3.05, 3.63) is 35.4 Å². The molecular weight excluding hydrogens is 208 g/mol. The lowest BCUT2D eigenvalue weighted by atomic mass is 10.00. The highest BCUT2D eigenvalue weighted by Crippen LogP contribution is 2.11. The molecule has 0 atom stereocenters. The molecule has 0 saturated heterocycles. The third-order valence-electron chi connectivity index (χ3n) is 3.09. The lowest BCUT2D eigenvalue weighted by Crippen LogP contribution is -2.06. The fourth-order valence-electron chi connectivity index (χ4n) is 1.92. The molecule has 1 heteroatoms. The van der Waals surface area contributed by atoms with E-state index in [0.29, 0.717) is 12.2 Å². The molecule has 1 rings (SSSR count). The van der Waals surface area contributed by atoms with Gasteiger partial charge in [-0.15, -0.1) is 0 Å². The third-order valence-corrected chi connectivity index (χ3v) is 3.09. The molecule has 17 heavy (non-hydrogen) atoms. The summed E-state index contributed by atoms with van der Waals surface area (Å²) in [5.74, 6) is 0.564. The van der Waals surface area contributed by atoms with Crippen molar-refractivity contribution in [2.45, 2.75) is 52.9 Å². The van der Waals surface area contributed by atoms with Crippen LogP contribution in [0.2, 0.25) is 0 Å². The van der Waals surface area contributed by atoms with E-state index in [4.69, 9.17) is 0 Å². The number of carbonyl (C=O) groups is 1. The Morgan fingerprint density at radius 3 is 2.06 bits per heavy atom.